The number of anilines is 1. The number of aromatic nitrogens is 2. The van der Waals surface area contributed by atoms with Crippen molar-refractivity contribution in [3.8, 4) is 15.4 Å². The van der Waals surface area contributed by atoms with Crippen LogP contribution in [-0.4, -0.2) is 16.2 Å². The normalized spacial score (nSPS) is 16.0. The van der Waals surface area contributed by atoms with Crippen molar-refractivity contribution in [1.29, 1.82) is 0 Å². The lowest BCUT2D eigenvalue weighted by Crippen LogP contribution is -2.22. The van der Waals surface area contributed by atoms with Crippen LogP contribution in [0.25, 0.3) is 32.6 Å². The molecule has 4 nitrogen and oxygen atoms in total. The lowest BCUT2D eigenvalue weighted by atomic mass is 9.84. The van der Waals surface area contributed by atoms with Crippen LogP contribution in [0.5, 0.6) is 0 Å². The first kappa shape index (κ1) is 22.5. The summed E-state index contributed by atoms with van der Waals surface area (Å²) in [5.74, 6) is 0. The van der Waals surface area contributed by atoms with E-state index in [4.69, 9.17) is 0 Å². The molecule has 3 heterocycles. The Kier molecular flexibility index (Phi) is 5.20. The van der Waals surface area contributed by atoms with Gasteiger partial charge in [-0.15, -0.1) is 0 Å². The minimum atomic E-state index is -0.0864. The second-order valence-corrected chi connectivity index (χ2v) is 10.8. The monoisotopic (exact) mass is 490 g/mol. The molecule has 0 unspecified atom stereocenters. The fourth-order valence-electron chi connectivity index (χ4n) is 5.46. The molecule has 3 aliphatic rings. The van der Waals surface area contributed by atoms with E-state index in [1.165, 1.54) is 16.9 Å². The molecular formula is C31H28N3OS+. The molecule has 0 atom stereocenters. The van der Waals surface area contributed by atoms with Gasteiger partial charge in [-0.1, -0.05) is 68.5 Å². The molecule has 0 aromatic heterocycles. The van der Waals surface area contributed by atoms with Crippen LogP contribution in [0, 0.1) is 0 Å². The average molecular weight is 491 g/mol. The number of benzene rings is 3. The average Bonchev–Trinajstić information content (AvgIpc) is 3.34. The number of para-hydroxylation sites is 3. The molecule has 0 saturated carbocycles. The number of nitrogens with zero attached hydrogens (tertiary/aromatic N) is 3. The molecule has 3 aromatic carbocycles. The summed E-state index contributed by atoms with van der Waals surface area (Å²) in [5.41, 5.74) is 7.66. The molecule has 0 radical (unpaired) electrons. The van der Waals surface area contributed by atoms with Crippen LogP contribution in [0.3, 0.4) is 0 Å². The van der Waals surface area contributed by atoms with Crippen LogP contribution in [-0.2, 0) is 12.5 Å². The van der Waals surface area contributed by atoms with Gasteiger partial charge in [-0.3, -0.25) is 4.79 Å². The van der Waals surface area contributed by atoms with E-state index in [1.807, 2.05) is 53.1 Å². The van der Waals surface area contributed by atoms with Crippen molar-refractivity contribution in [2.45, 2.75) is 19.3 Å². The molecular weight excluding hydrogens is 462 g/mol. The van der Waals surface area contributed by atoms with Crippen molar-refractivity contribution < 1.29 is 0 Å². The summed E-state index contributed by atoms with van der Waals surface area (Å²) in [5, 5.41) is 0.942. The Morgan fingerprint density at radius 3 is 2.25 bits per heavy atom. The zero-order chi connectivity index (χ0) is 25.0. The van der Waals surface area contributed by atoms with E-state index in [0.29, 0.717) is 0 Å². The van der Waals surface area contributed by atoms with Crippen molar-refractivity contribution in [3.05, 3.63) is 118 Å². The van der Waals surface area contributed by atoms with Gasteiger partial charge in [-0.25, -0.2) is 4.57 Å². The summed E-state index contributed by atoms with van der Waals surface area (Å²) < 4.78 is 4.05. The molecule has 0 N–H and O–H groups in total. The maximum absolute atomic E-state index is 13.7. The summed E-state index contributed by atoms with van der Waals surface area (Å²) >= 11 is 1.55. The molecule has 5 heteroatoms. The summed E-state index contributed by atoms with van der Waals surface area (Å²) in [7, 11) is 4.20. The van der Waals surface area contributed by atoms with E-state index in [-0.39, 0.29) is 11.0 Å². The molecule has 0 amide bonds. The predicted octanol–water partition coefficient (Wildman–Crippen LogP) is 7.10. The number of fused-ring (bicyclic) bond motifs is 4. The lowest BCUT2D eigenvalue weighted by molar-refractivity contribution is 0.640. The Hall–Kier alpha value is -3.96. The van der Waals surface area contributed by atoms with Gasteiger partial charge in [0.2, 0.25) is 0 Å². The van der Waals surface area contributed by atoms with Gasteiger partial charge in [-0.05, 0) is 48.0 Å². The van der Waals surface area contributed by atoms with Crippen molar-refractivity contribution in [3.63, 3.8) is 0 Å². The Morgan fingerprint density at radius 1 is 0.833 bits per heavy atom. The third-order valence-corrected chi connectivity index (χ3v) is 8.55. The highest BCUT2D eigenvalue weighted by molar-refractivity contribution is 7.18. The molecule has 3 aromatic rings. The van der Waals surface area contributed by atoms with Gasteiger partial charge in [0.1, 0.15) is 5.69 Å². The van der Waals surface area contributed by atoms with Gasteiger partial charge in [0.05, 0.1) is 11.0 Å². The number of likely N-dealkylation sites (N-methyl/N-ethyl adjacent to an activating group) is 1. The maximum atomic E-state index is 13.7. The van der Waals surface area contributed by atoms with Crippen molar-refractivity contribution >= 4 is 34.1 Å². The molecule has 0 saturated heterocycles. The fourth-order valence-corrected chi connectivity index (χ4v) is 6.67. The van der Waals surface area contributed by atoms with E-state index in [9.17, 15) is 4.79 Å². The number of thiazole rings is 1. The van der Waals surface area contributed by atoms with Crippen molar-refractivity contribution in [2.75, 3.05) is 11.9 Å². The fraction of sp³-hybridized carbons (Fsp3) is 0.161. The van der Waals surface area contributed by atoms with E-state index >= 15 is 0 Å². The first-order valence-corrected chi connectivity index (χ1v) is 12.9. The molecule has 3 aliphatic heterocycles. The van der Waals surface area contributed by atoms with Gasteiger partial charge in [-0.2, -0.15) is 0 Å². The SMILES string of the molecule is CN1/C(=C\C=C\c2c3[s+]c(-c4ccccc4)c(=O)n-3c3ccccc3n2C)C(C)(C)c2ccccc21. The second kappa shape index (κ2) is 8.32. The Labute approximate surface area is 215 Å². The van der Waals surface area contributed by atoms with Crippen LogP contribution in [0.15, 0.2) is 102 Å². The summed E-state index contributed by atoms with van der Waals surface area (Å²) in [6.45, 7) is 4.54. The number of allylic oxidation sites excluding steroid dienone is 3. The number of aryl methyl sites for hydroxylation is 1. The Bertz CT molecular complexity index is 1710. The van der Waals surface area contributed by atoms with Crippen LogP contribution >= 0.6 is 11.3 Å². The van der Waals surface area contributed by atoms with E-state index in [2.05, 4.69) is 86.0 Å². The molecule has 0 bridgehead atoms. The smallest absolute Gasteiger partial charge is 0.336 e. The highest BCUT2D eigenvalue weighted by Crippen LogP contribution is 2.46. The number of hydrogen-bond donors (Lipinski definition) is 0. The van der Waals surface area contributed by atoms with E-state index in [1.54, 1.807) is 11.3 Å². The maximum Gasteiger partial charge on any atom is 0.336 e. The molecule has 0 aliphatic carbocycles. The van der Waals surface area contributed by atoms with Crippen LogP contribution in [0.4, 0.5) is 5.69 Å². The molecule has 0 fully saturated rings. The minimum Gasteiger partial charge on any atom is -0.347 e. The van der Waals surface area contributed by atoms with Crippen molar-refractivity contribution in [1.82, 2.24) is 9.13 Å². The number of rotatable bonds is 3. The van der Waals surface area contributed by atoms with Crippen LogP contribution < -0.4 is 10.5 Å². The predicted molar refractivity (Wildman–Crippen MR) is 152 cm³/mol. The zero-order valence-corrected chi connectivity index (χ0v) is 21.7. The second-order valence-electron chi connectivity index (χ2n) is 9.79. The Balaban J connectivity index is 1.53. The van der Waals surface area contributed by atoms with Crippen LogP contribution in [0.2, 0.25) is 0 Å². The number of hydrogen-bond acceptors (Lipinski definition) is 2. The van der Waals surface area contributed by atoms with E-state index in [0.717, 1.165) is 32.2 Å². The first-order valence-electron chi connectivity index (χ1n) is 12.1. The van der Waals surface area contributed by atoms with Gasteiger partial charge in [0, 0.05) is 36.5 Å². The van der Waals surface area contributed by atoms with Gasteiger partial charge >= 0.3 is 15.4 Å². The molecule has 6 rings (SSSR count). The topological polar surface area (TPSA) is 30.2 Å². The first-order chi connectivity index (χ1) is 17.4. The molecule has 0 spiro atoms. The summed E-state index contributed by atoms with van der Waals surface area (Å²) in [4.78, 5) is 16.7. The van der Waals surface area contributed by atoms with E-state index < -0.39 is 0 Å². The van der Waals surface area contributed by atoms with Gasteiger partial charge < -0.3 is 9.47 Å². The quantitative estimate of drug-likeness (QED) is 0.253. The molecule has 178 valence electrons. The van der Waals surface area contributed by atoms with Crippen LogP contribution in [0.1, 0.15) is 25.1 Å². The lowest BCUT2D eigenvalue weighted by Gasteiger charge is -2.23. The third kappa shape index (κ3) is 3.27. The summed E-state index contributed by atoms with van der Waals surface area (Å²) in [6.07, 6.45) is 6.46. The van der Waals surface area contributed by atoms with Gasteiger partial charge in [0.25, 0.3) is 11.3 Å². The Morgan fingerprint density at radius 2 is 1.50 bits per heavy atom. The summed E-state index contributed by atoms with van der Waals surface area (Å²) in [6, 6.07) is 26.6. The highest BCUT2D eigenvalue weighted by Gasteiger charge is 2.38. The minimum absolute atomic E-state index is 0.0260. The third-order valence-electron chi connectivity index (χ3n) is 7.35. The zero-order valence-electron chi connectivity index (χ0n) is 20.9. The van der Waals surface area contributed by atoms with Gasteiger partial charge in [0.15, 0.2) is 0 Å². The highest BCUT2D eigenvalue weighted by atomic mass is 32.1. The van der Waals surface area contributed by atoms with Crippen molar-refractivity contribution in [2.24, 2.45) is 7.05 Å². The molecule has 36 heavy (non-hydrogen) atoms. The largest absolute Gasteiger partial charge is 0.347 e. The standard InChI is InChI=1S/C31H28N3OS/c1-31(2)22-15-8-9-16-23(22)33(4)27(31)20-12-19-26-30-34(25-18-11-10-17-24(25)32(26)3)29(35)28(36-30)21-13-6-5-7-14-21/h5-20H,1-4H3/q+1/b19-12+,27-20-.